The van der Waals surface area contributed by atoms with E-state index in [1.165, 1.54) is 24.3 Å². The minimum absolute atomic E-state index is 0.168. The highest BCUT2D eigenvalue weighted by Crippen LogP contribution is 2.38. The lowest BCUT2D eigenvalue weighted by atomic mass is 9.81. The zero-order chi connectivity index (χ0) is 22.8. The number of hydrogen-bond donors (Lipinski definition) is 1. The average molecular weight is 430 g/mol. The van der Waals surface area contributed by atoms with E-state index in [4.69, 9.17) is 0 Å². The maximum Gasteiger partial charge on any atom is 0.416 e. The Kier molecular flexibility index (Phi) is 6.85. The van der Waals surface area contributed by atoms with Crippen LogP contribution < -0.4 is 0 Å². The van der Waals surface area contributed by atoms with Crippen LogP contribution in [0.3, 0.4) is 0 Å². The molecule has 0 radical (unpaired) electrons. The SMILES string of the molecule is CCc1cc(C(C)C)c(Cc2ccc(C(F)(F)F)cc2)c(-c2ccc(F)cc2)c1CO. The molecule has 0 aliphatic heterocycles. The van der Waals surface area contributed by atoms with Crippen molar-refractivity contribution in [3.05, 3.63) is 93.8 Å². The Morgan fingerprint density at radius 2 is 1.52 bits per heavy atom. The van der Waals surface area contributed by atoms with E-state index in [0.29, 0.717) is 6.42 Å². The summed E-state index contributed by atoms with van der Waals surface area (Å²) in [5.74, 6) is -0.184. The second-order valence-corrected chi connectivity index (χ2v) is 8.00. The molecule has 164 valence electrons. The molecule has 0 spiro atoms. The van der Waals surface area contributed by atoms with Crippen molar-refractivity contribution in [2.75, 3.05) is 0 Å². The predicted octanol–water partition coefficient (Wildman–Crippen LogP) is 7.28. The van der Waals surface area contributed by atoms with Gasteiger partial charge in [-0.25, -0.2) is 4.39 Å². The highest BCUT2D eigenvalue weighted by Gasteiger charge is 2.30. The van der Waals surface area contributed by atoms with Gasteiger partial charge in [0.15, 0.2) is 0 Å². The fourth-order valence-electron chi connectivity index (χ4n) is 4.03. The van der Waals surface area contributed by atoms with Gasteiger partial charge in [0.25, 0.3) is 0 Å². The summed E-state index contributed by atoms with van der Waals surface area (Å²) in [6.45, 7) is 5.98. The highest BCUT2D eigenvalue weighted by atomic mass is 19.4. The third-order valence-corrected chi connectivity index (χ3v) is 5.63. The Balaban J connectivity index is 2.22. The van der Waals surface area contributed by atoms with E-state index in [-0.39, 0.29) is 18.3 Å². The molecule has 0 heterocycles. The van der Waals surface area contributed by atoms with Crippen molar-refractivity contribution in [1.82, 2.24) is 0 Å². The summed E-state index contributed by atoms with van der Waals surface area (Å²) < 4.78 is 52.5. The normalized spacial score (nSPS) is 11.9. The Morgan fingerprint density at radius 1 is 0.903 bits per heavy atom. The monoisotopic (exact) mass is 430 g/mol. The van der Waals surface area contributed by atoms with Crippen molar-refractivity contribution in [3.63, 3.8) is 0 Å². The van der Waals surface area contributed by atoms with Crippen LogP contribution in [-0.4, -0.2) is 5.11 Å². The van der Waals surface area contributed by atoms with Gasteiger partial charge in [0.1, 0.15) is 5.82 Å². The highest BCUT2D eigenvalue weighted by molar-refractivity contribution is 5.75. The zero-order valence-electron chi connectivity index (χ0n) is 17.9. The summed E-state index contributed by atoms with van der Waals surface area (Å²) in [4.78, 5) is 0. The molecule has 0 aromatic heterocycles. The second-order valence-electron chi connectivity index (χ2n) is 8.00. The molecule has 0 aliphatic carbocycles. The van der Waals surface area contributed by atoms with Gasteiger partial charge in [-0.1, -0.05) is 51.1 Å². The standard InChI is InChI=1S/C26H26F4O/c1-4-18-14-22(16(2)3)23(13-17-5-9-20(10-6-17)26(28,29)30)25(24(18)15-31)19-7-11-21(27)12-8-19/h5-12,14,16,31H,4,13,15H2,1-3H3. The average Bonchev–Trinajstić information content (AvgIpc) is 2.73. The number of hydrogen-bond acceptors (Lipinski definition) is 1. The van der Waals surface area contributed by atoms with Gasteiger partial charge in [0.05, 0.1) is 12.2 Å². The van der Waals surface area contributed by atoms with Crippen LogP contribution in [0.25, 0.3) is 11.1 Å². The first-order valence-electron chi connectivity index (χ1n) is 10.4. The third kappa shape index (κ3) is 4.99. The molecule has 0 unspecified atom stereocenters. The molecule has 0 atom stereocenters. The van der Waals surface area contributed by atoms with Gasteiger partial charge in [-0.05, 0) is 82.0 Å². The molecule has 5 heteroatoms. The lowest BCUT2D eigenvalue weighted by molar-refractivity contribution is -0.137. The van der Waals surface area contributed by atoms with Gasteiger partial charge >= 0.3 is 6.18 Å². The third-order valence-electron chi connectivity index (χ3n) is 5.63. The maximum atomic E-state index is 13.6. The van der Waals surface area contributed by atoms with Crippen molar-refractivity contribution in [1.29, 1.82) is 0 Å². The number of aliphatic hydroxyl groups excluding tert-OH is 1. The van der Waals surface area contributed by atoms with E-state index in [1.54, 1.807) is 12.1 Å². The van der Waals surface area contributed by atoms with E-state index in [1.807, 2.05) is 6.92 Å². The fraction of sp³-hybridized carbons (Fsp3) is 0.308. The molecule has 3 aromatic carbocycles. The van der Waals surface area contributed by atoms with Crippen molar-refractivity contribution in [3.8, 4) is 11.1 Å². The van der Waals surface area contributed by atoms with E-state index in [9.17, 15) is 22.7 Å². The van der Waals surface area contributed by atoms with Gasteiger partial charge in [-0.3, -0.25) is 0 Å². The molecule has 1 N–H and O–H groups in total. The molecule has 0 saturated heterocycles. The summed E-state index contributed by atoms with van der Waals surface area (Å²) in [5.41, 5.74) is 5.50. The van der Waals surface area contributed by atoms with Crippen LogP contribution in [0.15, 0.2) is 54.6 Å². The first-order valence-corrected chi connectivity index (χ1v) is 10.4. The second kappa shape index (κ2) is 9.23. The molecule has 1 nitrogen and oxygen atoms in total. The summed E-state index contributed by atoms with van der Waals surface area (Å²) >= 11 is 0. The van der Waals surface area contributed by atoms with Crippen molar-refractivity contribution in [2.45, 2.75) is 52.3 Å². The zero-order valence-corrected chi connectivity index (χ0v) is 17.9. The fourth-order valence-corrected chi connectivity index (χ4v) is 4.03. The Bertz CT molecular complexity index is 1030. The minimum Gasteiger partial charge on any atom is -0.392 e. The molecule has 3 aromatic rings. The summed E-state index contributed by atoms with van der Waals surface area (Å²) in [5, 5.41) is 10.2. The van der Waals surface area contributed by atoms with Crippen LogP contribution in [0.5, 0.6) is 0 Å². The van der Waals surface area contributed by atoms with E-state index >= 15 is 0 Å². The van der Waals surface area contributed by atoms with Crippen LogP contribution in [0, 0.1) is 5.82 Å². The minimum atomic E-state index is -4.38. The van der Waals surface area contributed by atoms with E-state index in [0.717, 1.165) is 57.5 Å². The molecule has 0 bridgehead atoms. The Hall–Kier alpha value is -2.66. The number of benzene rings is 3. The van der Waals surface area contributed by atoms with E-state index in [2.05, 4.69) is 19.9 Å². The molecule has 3 rings (SSSR count). The summed E-state index contributed by atoms with van der Waals surface area (Å²) in [6.07, 6.45) is -3.24. The van der Waals surface area contributed by atoms with Crippen molar-refractivity contribution < 1.29 is 22.7 Å². The van der Waals surface area contributed by atoms with Gasteiger partial charge in [0.2, 0.25) is 0 Å². The van der Waals surface area contributed by atoms with Crippen LogP contribution in [0.4, 0.5) is 17.6 Å². The molecular weight excluding hydrogens is 404 g/mol. The van der Waals surface area contributed by atoms with Crippen LogP contribution in [0.2, 0.25) is 0 Å². The molecule has 0 aliphatic rings. The first-order chi connectivity index (χ1) is 14.7. The predicted molar refractivity (Wildman–Crippen MR) is 115 cm³/mol. The van der Waals surface area contributed by atoms with Gasteiger partial charge in [0, 0.05) is 0 Å². The molecule has 0 amide bonds. The van der Waals surface area contributed by atoms with Crippen molar-refractivity contribution in [2.24, 2.45) is 0 Å². The quantitative estimate of drug-likeness (QED) is 0.408. The van der Waals surface area contributed by atoms with Gasteiger partial charge < -0.3 is 5.11 Å². The number of alkyl halides is 3. The number of halogens is 4. The van der Waals surface area contributed by atoms with Gasteiger partial charge in [-0.2, -0.15) is 13.2 Å². The number of aliphatic hydroxyl groups is 1. The Labute approximate surface area is 180 Å². The number of rotatable bonds is 6. The smallest absolute Gasteiger partial charge is 0.392 e. The van der Waals surface area contributed by atoms with Gasteiger partial charge in [-0.15, -0.1) is 0 Å². The largest absolute Gasteiger partial charge is 0.416 e. The number of aryl methyl sites for hydroxylation is 1. The van der Waals surface area contributed by atoms with Crippen LogP contribution >= 0.6 is 0 Å². The lowest BCUT2D eigenvalue weighted by Crippen LogP contribution is -2.09. The van der Waals surface area contributed by atoms with E-state index < -0.39 is 11.7 Å². The molecule has 0 saturated carbocycles. The lowest BCUT2D eigenvalue weighted by Gasteiger charge is -2.24. The van der Waals surface area contributed by atoms with Crippen molar-refractivity contribution >= 4 is 0 Å². The summed E-state index contributed by atoms with van der Waals surface area (Å²) in [6, 6.07) is 13.4. The molecule has 31 heavy (non-hydrogen) atoms. The molecular formula is C26H26F4O. The Morgan fingerprint density at radius 3 is 2.00 bits per heavy atom. The maximum absolute atomic E-state index is 13.6. The van der Waals surface area contributed by atoms with Crippen LogP contribution in [-0.2, 0) is 25.6 Å². The summed E-state index contributed by atoms with van der Waals surface area (Å²) in [7, 11) is 0. The topological polar surface area (TPSA) is 20.2 Å². The molecule has 0 fully saturated rings. The van der Waals surface area contributed by atoms with Crippen LogP contribution in [0.1, 0.15) is 60.1 Å². The first kappa shape index (κ1) is 23.0.